The molecule has 0 radical (unpaired) electrons. The maximum Gasteiger partial charge on any atom is 0.342 e. The molecule has 1 aromatic carbocycles. The van der Waals surface area contributed by atoms with Crippen molar-refractivity contribution >= 4 is 11.5 Å². The van der Waals surface area contributed by atoms with E-state index in [4.69, 9.17) is 0 Å². The van der Waals surface area contributed by atoms with E-state index in [9.17, 15) is 4.79 Å². The molecule has 0 aliphatic carbocycles. The van der Waals surface area contributed by atoms with E-state index >= 15 is 0 Å². The van der Waals surface area contributed by atoms with Gasteiger partial charge in [-0.3, -0.25) is 0 Å². The van der Waals surface area contributed by atoms with Gasteiger partial charge in [0.05, 0.1) is 11.8 Å². The fourth-order valence-electron chi connectivity index (χ4n) is 1.03. The third-order valence-electron chi connectivity index (χ3n) is 1.80. The summed E-state index contributed by atoms with van der Waals surface area (Å²) in [6.07, 6.45) is 1.12. The average Bonchev–Trinajstić information content (AvgIpc) is 2.18. The highest BCUT2D eigenvalue weighted by molar-refractivity contribution is 5.90. The summed E-state index contributed by atoms with van der Waals surface area (Å²) in [4.78, 5) is 11.2. The van der Waals surface area contributed by atoms with Crippen molar-refractivity contribution in [3.8, 4) is 0 Å². The van der Waals surface area contributed by atoms with Crippen LogP contribution in [0.15, 0.2) is 43.7 Å². The third kappa shape index (κ3) is 2.33. The Morgan fingerprint density at radius 1 is 1.29 bits per heavy atom. The monoisotopic (exact) mass is 188 g/mol. The van der Waals surface area contributed by atoms with Crippen LogP contribution in [0, 0.1) is 0 Å². The molecule has 0 N–H and O–H groups in total. The van der Waals surface area contributed by atoms with Gasteiger partial charge in [-0.2, -0.15) is 0 Å². The third-order valence-corrected chi connectivity index (χ3v) is 1.80. The van der Waals surface area contributed by atoms with Crippen LogP contribution in [0.3, 0.4) is 0 Å². The Morgan fingerprint density at radius 3 is 2.21 bits per heavy atom. The van der Waals surface area contributed by atoms with Crippen molar-refractivity contribution in [1.29, 1.82) is 0 Å². The molecule has 0 aromatic heterocycles. The van der Waals surface area contributed by atoms with Crippen LogP contribution in [-0.2, 0) is 4.74 Å². The summed E-state index contributed by atoms with van der Waals surface area (Å²) in [6, 6.07) is 7.08. The fourth-order valence-corrected chi connectivity index (χ4v) is 1.03. The van der Waals surface area contributed by atoms with Crippen molar-refractivity contribution < 1.29 is 9.53 Å². The van der Waals surface area contributed by atoms with E-state index in [1.54, 1.807) is 12.1 Å². The lowest BCUT2D eigenvalue weighted by atomic mass is 10.1. The van der Waals surface area contributed by atoms with Crippen LogP contribution in [0.5, 0.6) is 0 Å². The predicted molar refractivity (Wildman–Crippen MR) is 56.8 cm³/mol. The summed E-state index contributed by atoms with van der Waals surface area (Å²) in [5, 5.41) is 0. The number of benzene rings is 1. The van der Waals surface area contributed by atoms with Gasteiger partial charge in [0, 0.05) is 0 Å². The molecule has 2 heteroatoms. The number of ether oxygens (including phenoxy) is 1. The average molecular weight is 188 g/mol. The first-order valence-electron chi connectivity index (χ1n) is 4.23. The molecule has 1 rings (SSSR count). The molecular weight excluding hydrogens is 176 g/mol. The Morgan fingerprint density at radius 2 is 1.79 bits per heavy atom. The molecule has 72 valence electrons. The number of carbonyl (C=O) groups is 1. The highest BCUT2D eigenvalue weighted by Gasteiger charge is 2.04. The number of hydrogen-bond acceptors (Lipinski definition) is 2. The van der Waals surface area contributed by atoms with Crippen molar-refractivity contribution in [2.24, 2.45) is 0 Å². The number of allylic oxidation sites excluding steroid dienone is 1. The maximum atomic E-state index is 11.2. The number of rotatable bonds is 3. The zero-order valence-electron chi connectivity index (χ0n) is 8.12. The number of carbonyl (C=O) groups excluding carboxylic acids is 1. The van der Waals surface area contributed by atoms with Gasteiger partial charge in [0.25, 0.3) is 0 Å². The van der Waals surface area contributed by atoms with E-state index in [0.29, 0.717) is 5.56 Å². The Bertz CT molecular complexity index is 360. The fraction of sp³-hybridized carbons (Fsp3) is 0.0833. The molecule has 0 heterocycles. The molecule has 0 spiro atoms. The van der Waals surface area contributed by atoms with Gasteiger partial charge in [-0.25, -0.2) is 4.79 Å². The zero-order chi connectivity index (χ0) is 10.6. The lowest BCUT2D eigenvalue weighted by molar-refractivity contribution is 0.0664. The van der Waals surface area contributed by atoms with Gasteiger partial charge in [-0.1, -0.05) is 30.9 Å². The summed E-state index contributed by atoms with van der Waals surface area (Å²) in [5.41, 5.74) is 2.49. The van der Waals surface area contributed by atoms with Crippen LogP contribution in [-0.4, -0.2) is 5.97 Å². The molecule has 0 amide bonds. The number of esters is 1. The van der Waals surface area contributed by atoms with Gasteiger partial charge in [0.2, 0.25) is 0 Å². The molecule has 0 fully saturated rings. The SMILES string of the molecule is C=COC(=O)c1ccc(C(=C)C)cc1. The zero-order valence-corrected chi connectivity index (χ0v) is 8.12. The molecule has 0 atom stereocenters. The van der Waals surface area contributed by atoms with Crippen LogP contribution < -0.4 is 0 Å². The van der Waals surface area contributed by atoms with Gasteiger partial charge >= 0.3 is 5.97 Å². The Balaban J connectivity index is 2.88. The first kappa shape index (κ1) is 10.3. The van der Waals surface area contributed by atoms with Crippen LogP contribution in [0.1, 0.15) is 22.8 Å². The van der Waals surface area contributed by atoms with Crippen LogP contribution in [0.25, 0.3) is 5.57 Å². The van der Waals surface area contributed by atoms with Crippen molar-refractivity contribution in [2.75, 3.05) is 0 Å². The van der Waals surface area contributed by atoms with Crippen molar-refractivity contribution in [3.63, 3.8) is 0 Å². The van der Waals surface area contributed by atoms with Gasteiger partial charge < -0.3 is 4.74 Å². The van der Waals surface area contributed by atoms with Gasteiger partial charge in [0.15, 0.2) is 0 Å². The van der Waals surface area contributed by atoms with Gasteiger partial charge in [0.1, 0.15) is 0 Å². The van der Waals surface area contributed by atoms with Crippen LogP contribution in [0.2, 0.25) is 0 Å². The number of hydrogen-bond donors (Lipinski definition) is 0. The second kappa shape index (κ2) is 4.42. The van der Waals surface area contributed by atoms with E-state index in [2.05, 4.69) is 17.9 Å². The van der Waals surface area contributed by atoms with E-state index in [0.717, 1.165) is 17.4 Å². The Labute approximate surface area is 83.5 Å². The molecule has 0 aliphatic heterocycles. The van der Waals surface area contributed by atoms with E-state index in [1.165, 1.54) is 0 Å². The Kier molecular flexibility index (Phi) is 3.24. The smallest absolute Gasteiger partial charge is 0.342 e. The van der Waals surface area contributed by atoms with E-state index in [1.807, 2.05) is 19.1 Å². The largest absolute Gasteiger partial charge is 0.432 e. The maximum absolute atomic E-state index is 11.2. The lowest BCUT2D eigenvalue weighted by Crippen LogP contribution is -1.99. The molecule has 0 saturated carbocycles. The minimum absolute atomic E-state index is 0.395. The predicted octanol–water partition coefficient (Wildman–Crippen LogP) is 3.02. The summed E-state index contributed by atoms with van der Waals surface area (Å²) in [6.45, 7) is 9.03. The standard InChI is InChI=1S/C12H12O2/c1-4-14-12(13)11-7-5-10(6-8-11)9(2)3/h4-8H,1-2H2,3H3. The second-order valence-electron chi connectivity index (χ2n) is 2.93. The Hall–Kier alpha value is -1.83. The van der Waals surface area contributed by atoms with Gasteiger partial charge in [-0.15, -0.1) is 0 Å². The molecule has 0 aliphatic rings. The molecule has 14 heavy (non-hydrogen) atoms. The summed E-state index contributed by atoms with van der Waals surface area (Å²) in [5.74, 6) is -0.395. The highest BCUT2D eigenvalue weighted by Crippen LogP contribution is 2.12. The van der Waals surface area contributed by atoms with E-state index < -0.39 is 5.97 Å². The highest BCUT2D eigenvalue weighted by atomic mass is 16.5. The summed E-state index contributed by atoms with van der Waals surface area (Å²) >= 11 is 0. The molecule has 0 bridgehead atoms. The van der Waals surface area contributed by atoms with Crippen molar-refractivity contribution in [3.05, 3.63) is 54.8 Å². The van der Waals surface area contributed by atoms with Crippen molar-refractivity contribution in [1.82, 2.24) is 0 Å². The minimum Gasteiger partial charge on any atom is -0.432 e. The first-order valence-corrected chi connectivity index (χ1v) is 4.23. The van der Waals surface area contributed by atoms with Crippen molar-refractivity contribution in [2.45, 2.75) is 6.92 Å². The lowest BCUT2D eigenvalue weighted by Gasteiger charge is -2.01. The molecule has 0 unspecified atom stereocenters. The van der Waals surface area contributed by atoms with Crippen LogP contribution >= 0.6 is 0 Å². The second-order valence-corrected chi connectivity index (χ2v) is 2.93. The molecule has 2 nitrogen and oxygen atoms in total. The summed E-state index contributed by atoms with van der Waals surface area (Å²) < 4.78 is 4.63. The van der Waals surface area contributed by atoms with Gasteiger partial charge in [-0.05, 0) is 24.6 Å². The molecule has 1 aromatic rings. The van der Waals surface area contributed by atoms with E-state index in [-0.39, 0.29) is 0 Å². The van der Waals surface area contributed by atoms with Crippen LogP contribution in [0.4, 0.5) is 0 Å². The topological polar surface area (TPSA) is 26.3 Å². The normalized spacial score (nSPS) is 9.21. The molecular formula is C12H12O2. The summed E-state index contributed by atoms with van der Waals surface area (Å²) in [7, 11) is 0. The molecule has 0 saturated heterocycles. The quantitative estimate of drug-likeness (QED) is 0.538. The first-order chi connectivity index (χ1) is 6.65. The minimum atomic E-state index is -0.395.